The number of piperazine rings is 1. The Balaban J connectivity index is 1.57. The van der Waals surface area contributed by atoms with Gasteiger partial charge in [-0.15, -0.1) is 0 Å². The molecule has 1 N–H and O–H groups in total. The third-order valence-electron chi connectivity index (χ3n) is 4.04. The first-order chi connectivity index (χ1) is 11.5. The Morgan fingerprint density at radius 2 is 1.83 bits per heavy atom. The number of H-pyrrole nitrogens is 1. The molecule has 0 unspecified atom stereocenters. The molecule has 3 rings (SSSR count). The molecule has 6 nitrogen and oxygen atoms in total. The van der Waals surface area contributed by atoms with E-state index >= 15 is 0 Å². The molecule has 2 heterocycles. The fourth-order valence-corrected chi connectivity index (χ4v) is 3.27. The number of halogens is 2. The van der Waals surface area contributed by atoms with E-state index in [-0.39, 0.29) is 5.91 Å². The monoisotopic (exact) mass is 367 g/mol. The van der Waals surface area contributed by atoms with Gasteiger partial charge in [0.15, 0.2) is 0 Å². The molecule has 2 aromatic rings. The van der Waals surface area contributed by atoms with Crippen molar-refractivity contribution >= 4 is 29.1 Å². The molecule has 0 radical (unpaired) electrons. The van der Waals surface area contributed by atoms with Crippen LogP contribution in [0.25, 0.3) is 0 Å². The van der Waals surface area contributed by atoms with Crippen LogP contribution in [0.5, 0.6) is 0 Å². The van der Waals surface area contributed by atoms with Crippen molar-refractivity contribution in [3.8, 4) is 0 Å². The van der Waals surface area contributed by atoms with Gasteiger partial charge in [-0.3, -0.25) is 14.8 Å². The number of rotatable bonds is 4. The SMILES string of the molecule is CCc1n[nH]c(CN2CCN(C(=O)c3cc(Cl)cc(Cl)c3)CC2)n1. The van der Waals surface area contributed by atoms with Crippen LogP contribution in [0.15, 0.2) is 18.2 Å². The summed E-state index contributed by atoms with van der Waals surface area (Å²) in [5.74, 6) is 1.66. The summed E-state index contributed by atoms with van der Waals surface area (Å²) in [7, 11) is 0. The minimum absolute atomic E-state index is 0.0352. The predicted molar refractivity (Wildman–Crippen MR) is 93.4 cm³/mol. The Hall–Kier alpha value is -1.63. The minimum atomic E-state index is -0.0352. The van der Waals surface area contributed by atoms with Gasteiger partial charge >= 0.3 is 0 Å². The molecule has 1 aliphatic heterocycles. The van der Waals surface area contributed by atoms with Crippen molar-refractivity contribution in [2.75, 3.05) is 26.2 Å². The van der Waals surface area contributed by atoms with Gasteiger partial charge in [0, 0.05) is 48.2 Å². The second kappa shape index (κ2) is 7.51. The van der Waals surface area contributed by atoms with Crippen molar-refractivity contribution in [2.45, 2.75) is 19.9 Å². The van der Waals surface area contributed by atoms with Crippen molar-refractivity contribution in [2.24, 2.45) is 0 Å². The fourth-order valence-electron chi connectivity index (χ4n) is 2.74. The van der Waals surface area contributed by atoms with Gasteiger partial charge in [0.25, 0.3) is 5.91 Å². The van der Waals surface area contributed by atoms with Gasteiger partial charge in [-0.2, -0.15) is 5.10 Å². The van der Waals surface area contributed by atoms with E-state index < -0.39 is 0 Å². The molecule has 1 aliphatic rings. The summed E-state index contributed by atoms with van der Waals surface area (Å²) in [4.78, 5) is 21.1. The van der Waals surface area contributed by atoms with E-state index in [1.807, 2.05) is 11.8 Å². The molecule has 0 atom stereocenters. The predicted octanol–water partition coefficient (Wildman–Crippen LogP) is 2.63. The van der Waals surface area contributed by atoms with Crippen molar-refractivity contribution in [1.82, 2.24) is 25.0 Å². The Kier molecular flexibility index (Phi) is 5.38. The van der Waals surface area contributed by atoms with Gasteiger partial charge in [0.1, 0.15) is 11.6 Å². The summed E-state index contributed by atoms with van der Waals surface area (Å²) < 4.78 is 0. The van der Waals surface area contributed by atoms with Crippen molar-refractivity contribution in [3.05, 3.63) is 45.5 Å². The number of nitrogens with one attached hydrogen (secondary N) is 1. The third-order valence-corrected chi connectivity index (χ3v) is 4.47. The summed E-state index contributed by atoms with van der Waals surface area (Å²) in [6, 6.07) is 4.94. The molecule has 24 heavy (non-hydrogen) atoms. The normalized spacial score (nSPS) is 15.7. The van der Waals surface area contributed by atoms with Crippen LogP contribution in [0.2, 0.25) is 10.0 Å². The second-order valence-corrected chi connectivity index (χ2v) is 6.65. The van der Waals surface area contributed by atoms with Gasteiger partial charge in [0.05, 0.1) is 6.54 Å². The average Bonchev–Trinajstić information content (AvgIpc) is 3.01. The molecule has 1 aromatic carbocycles. The third kappa shape index (κ3) is 4.06. The van der Waals surface area contributed by atoms with Gasteiger partial charge in [0.2, 0.25) is 0 Å². The summed E-state index contributed by atoms with van der Waals surface area (Å²) in [6.45, 7) is 5.66. The number of aryl methyl sites for hydroxylation is 1. The Morgan fingerprint density at radius 1 is 1.17 bits per heavy atom. The van der Waals surface area contributed by atoms with E-state index in [1.54, 1.807) is 18.2 Å². The summed E-state index contributed by atoms with van der Waals surface area (Å²) in [6.07, 6.45) is 0.820. The number of benzene rings is 1. The Labute approximate surface area is 150 Å². The molecule has 1 amide bonds. The first-order valence-electron chi connectivity index (χ1n) is 7.93. The Morgan fingerprint density at radius 3 is 2.42 bits per heavy atom. The summed E-state index contributed by atoms with van der Waals surface area (Å²) in [5.41, 5.74) is 0.531. The lowest BCUT2D eigenvalue weighted by Crippen LogP contribution is -2.48. The molecule has 1 fully saturated rings. The number of hydrogen-bond acceptors (Lipinski definition) is 4. The van der Waals surface area contributed by atoms with Crippen molar-refractivity contribution in [1.29, 1.82) is 0 Å². The van der Waals surface area contributed by atoms with E-state index in [1.165, 1.54) is 0 Å². The van der Waals surface area contributed by atoms with Crippen LogP contribution >= 0.6 is 23.2 Å². The zero-order chi connectivity index (χ0) is 17.1. The Bertz CT molecular complexity index is 705. The zero-order valence-electron chi connectivity index (χ0n) is 13.4. The molecule has 0 spiro atoms. The number of carbonyl (C=O) groups is 1. The van der Waals surface area contributed by atoms with Gasteiger partial charge in [-0.05, 0) is 18.2 Å². The number of aromatic amines is 1. The molecule has 8 heteroatoms. The van der Waals surface area contributed by atoms with Crippen LogP contribution < -0.4 is 0 Å². The van der Waals surface area contributed by atoms with Crippen LogP contribution in [0.4, 0.5) is 0 Å². The fraction of sp³-hybridized carbons (Fsp3) is 0.438. The number of carbonyl (C=O) groups excluding carboxylic acids is 1. The van der Waals surface area contributed by atoms with Gasteiger partial charge in [-0.25, -0.2) is 4.98 Å². The van der Waals surface area contributed by atoms with Crippen LogP contribution in [-0.4, -0.2) is 57.1 Å². The standard InChI is InChI=1S/C16H19Cl2N5O/c1-2-14-19-15(21-20-14)10-22-3-5-23(6-4-22)16(24)11-7-12(17)9-13(18)8-11/h7-9H,2-6,10H2,1H3,(H,19,20,21). The molecular formula is C16H19Cl2N5O. The van der Waals surface area contributed by atoms with Crippen molar-refractivity contribution < 1.29 is 4.79 Å². The highest BCUT2D eigenvalue weighted by atomic mass is 35.5. The van der Waals surface area contributed by atoms with Crippen molar-refractivity contribution in [3.63, 3.8) is 0 Å². The highest BCUT2D eigenvalue weighted by Gasteiger charge is 2.23. The molecule has 128 valence electrons. The number of aromatic nitrogens is 3. The number of amides is 1. The molecule has 0 bridgehead atoms. The second-order valence-electron chi connectivity index (χ2n) is 5.78. The van der Waals surface area contributed by atoms with E-state index in [0.717, 1.165) is 37.7 Å². The lowest BCUT2D eigenvalue weighted by Gasteiger charge is -2.34. The summed E-state index contributed by atoms with van der Waals surface area (Å²) in [5, 5.41) is 8.06. The first kappa shape index (κ1) is 17.2. The number of nitrogens with zero attached hydrogens (tertiary/aromatic N) is 4. The quantitative estimate of drug-likeness (QED) is 0.901. The van der Waals surface area contributed by atoms with Crippen LogP contribution in [0.1, 0.15) is 28.9 Å². The maximum Gasteiger partial charge on any atom is 0.254 e. The van der Waals surface area contributed by atoms with E-state index in [9.17, 15) is 4.79 Å². The zero-order valence-corrected chi connectivity index (χ0v) is 14.9. The molecular weight excluding hydrogens is 349 g/mol. The van der Waals surface area contributed by atoms with Gasteiger partial charge in [-0.1, -0.05) is 30.1 Å². The minimum Gasteiger partial charge on any atom is -0.336 e. The molecule has 1 saturated heterocycles. The maximum atomic E-state index is 12.6. The first-order valence-corrected chi connectivity index (χ1v) is 8.68. The maximum absolute atomic E-state index is 12.6. The van der Waals surface area contributed by atoms with Crippen LogP contribution in [-0.2, 0) is 13.0 Å². The lowest BCUT2D eigenvalue weighted by molar-refractivity contribution is 0.0625. The molecule has 0 saturated carbocycles. The summed E-state index contributed by atoms with van der Waals surface area (Å²) >= 11 is 12.0. The lowest BCUT2D eigenvalue weighted by atomic mass is 10.2. The molecule has 0 aliphatic carbocycles. The highest BCUT2D eigenvalue weighted by Crippen LogP contribution is 2.20. The van der Waals surface area contributed by atoms with Crippen LogP contribution in [0, 0.1) is 0 Å². The largest absolute Gasteiger partial charge is 0.336 e. The number of hydrogen-bond donors (Lipinski definition) is 1. The highest BCUT2D eigenvalue weighted by molar-refractivity contribution is 6.35. The van der Waals surface area contributed by atoms with Gasteiger partial charge < -0.3 is 4.90 Å². The van der Waals surface area contributed by atoms with Crippen LogP contribution in [0.3, 0.4) is 0 Å². The van der Waals surface area contributed by atoms with E-state index in [0.29, 0.717) is 28.7 Å². The average molecular weight is 368 g/mol. The molecule has 1 aromatic heterocycles. The smallest absolute Gasteiger partial charge is 0.254 e. The van der Waals surface area contributed by atoms with E-state index in [2.05, 4.69) is 20.1 Å². The topological polar surface area (TPSA) is 65.1 Å². The van der Waals surface area contributed by atoms with E-state index in [4.69, 9.17) is 23.2 Å².